The number of amides is 1. The fourth-order valence-corrected chi connectivity index (χ4v) is 3.30. The highest BCUT2D eigenvalue weighted by Crippen LogP contribution is 2.47. The third-order valence-electron chi connectivity index (χ3n) is 5.42. The van der Waals surface area contributed by atoms with Crippen LogP contribution < -0.4 is 4.74 Å². The van der Waals surface area contributed by atoms with Crippen molar-refractivity contribution in [3.63, 3.8) is 0 Å². The Labute approximate surface area is 171 Å². The van der Waals surface area contributed by atoms with Gasteiger partial charge < -0.3 is 14.7 Å². The maximum absolute atomic E-state index is 11.7. The van der Waals surface area contributed by atoms with E-state index in [-0.39, 0.29) is 5.41 Å². The van der Waals surface area contributed by atoms with Gasteiger partial charge in [-0.2, -0.15) is 5.26 Å². The molecule has 29 heavy (non-hydrogen) atoms. The Morgan fingerprint density at radius 2 is 1.97 bits per heavy atom. The lowest BCUT2D eigenvalue weighted by Gasteiger charge is -2.36. The molecule has 1 heterocycles. The molecule has 1 amide bonds. The molecular weight excluding hydrogens is 366 g/mol. The quantitative estimate of drug-likeness (QED) is 0.757. The Hall–Kier alpha value is -3.07. The van der Waals surface area contributed by atoms with Gasteiger partial charge in [0.25, 0.3) is 0 Å². The summed E-state index contributed by atoms with van der Waals surface area (Å²) in [6, 6.07) is 11.5. The fraction of sp³-hybridized carbons (Fsp3) is 0.435. The van der Waals surface area contributed by atoms with Crippen LogP contribution in [-0.2, 0) is 0 Å². The summed E-state index contributed by atoms with van der Waals surface area (Å²) < 4.78 is 6.05. The molecule has 3 rings (SSSR count). The average Bonchev–Trinajstić information content (AvgIpc) is 3.45. The molecule has 1 aromatic heterocycles. The Morgan fingerprint density at radius 1 is 1.31 bits per heavy atom. The van der Waals surface area contributed by atoms with Crippen LogP contribution >= 0.6 is 0 Å². The van der Waals surface area contributed by atoms with E-state index in [1.807, 2.05) is 45.9 Å². The van der Waals surface area contributed by atoms with Crippen molar-refractivity contribution in [1.82, 2.24) is 9.88 Å². The number of rotatable bonds is 6. The minimum atomic E-state index is -0.899. The molecule has 1 aliphatic rings. The van der Waals surface area contributed by atoms with Crippen molar-refractivity contribution >= 4 is 6.09 Å². The number of aryl methyl sites for hydroxylation is 1. The molecule has 0 bridgehead atoms. The second kappa shape index (κ2) is 7.75. The minimum Gasteiger partial charge on any atom is -0.491 e. The lowest BCUT2D eigenvalue weighted by molar-refractivity contribution is 0.0746. The van der Waals surface area contributed by atoms with Gasteiger partial charge in [0.1, 0.15) is 5.75 Å². The number of aromatic nitrogens is 1. The molecule has 0 aliphatic heterocycles. The van der Waals surface area contributed by atoms with Crippen LogP contribution in [0.5, 0.6) is 5.75 Å². The predicted molar refractivity (Wildman–Crippen MR) is 111 cm³/mol. The second-order valence-corrected chi connectivity index (χ2v) is 8.82. The summed E-state index contributed by atoms with van der Waals surface area (Å²) in [6.45, 7) is 8.59. The zero-order chi connectivity index (χ0) is 21.2. The van der Waals surface area contributed by atoms with Crippen LogP contribution in [0.1, 0.15) is 44.9 Å². The first-order valence-electron chi connectivity index (χ1n) is 9.74. The monoisotopic (exact) mass is 393 g/mol. The summed E-state index contributed by atoms with van der Waals surface area (Å²) in [6.07, 6.45) is 2.71. The number of carbonyl (C=O) groups is 1. The summed E-state index contributed by atoms with van der Waals surface area (Å²) in [5.41, 5.74) is 2.85. The van der Waals surface area contributed by atoms with Gasteiger partial charge in [-0.1, -0.05) is 12.1 Å². The number of carboxylic acid groups (broad SMARTS) is 1. The molecule has 1 N–H and O–H groups in total. The molecule has 1 saturated carbocycles. The van der Waals surface area contributed by atoms with Gasteiger partial charge >= 0.3 is 6.09 Å². The van der Waals surface area contributed by atoms with E-state index < -0.39 is 11.6 Å². The van der Waals surface area contributed by atoms with Gasteiger partial charge in [0, 0.05) is 28.8 Å². The van der Waals surface area contributed by atoms with E-state index >= 15 is 0 Å². The first-order valence-corrected chi connectivity index (χ1v) is 9.74. The summed E-state index contributed by atoms with van der Waals surface area (Å²) in [7, 11) is 0. The third-order valence-corrected chi connectivity index (χ3v) is 5.42. The van der Waals surface area contributed by atoms with Crippen LogP contribution in [0.3, 0.4) is 0 Å². The van der Waals surface area contributed by atoms with E-state index in [2.05, 4.69) is 11.1 Å². The Bertz CT molecular complexity index is 935. The molecule has 1 fully saturated rings. The van der Waals surface area contributed by atoms with Gasteiger partial charge in [-0.15, -0.1) is 0 Å². The highest BCUT2D eigenvalue weighted by molar-refractivity contribution is 5.68. The summed E-state index contributed by atoms with van der Waals surface area (Å²) in [5, 5.41) is 18.5. The fourth-order valence-electron chi connectivity index (χ4n) is 3.30. The number of benzene rings is 1. The molecule has 0 spiro atoms. The smallest absolute Gasteiger partial charge is 0.407 e. The van der Waals surface area contributed by atoms with Gasteiger partial charge in [0.05, 0.1) is 24.4 Å². The number of ether oxygens (including phenoxy) is 1. The molecule has 152 valence electrons. The van der Waals surface area contributed by atoms with Crippen LogP contribution in [0.2, 0.25) is 0 Å². The van der Waals surface area contributed by atoms with Crippen molar-refractivity contribution in [2.75, 3.05) is 13.2 Å². The second-order valence-electron chi connectivity index (χ2n) is 8.82. The Morgan fingerprint density at radius 3 is 2.48 bits per heavy atom. The van der Waals surface area contributed by atoms with Crippen LogP contribution in [-0.4, -0.2) is 39.8 Å². The molecule has 1 aliphatic carbocycles. The van der Waals surface area contributed by atoms with Gasteiger partial charge in [0.15, 0.2) is 0 Å². The van der Waals surface area contributed by atoms with Gasteiger partial charge in [-0.05, 0) is 64.3 Å². The van der Waals surface area contributed by atoms with Crippen molar-refractivity contribution in [3.05, 3.63) is 47.8 Å². The normalized spacial score (nSPS) is 14.7. The standard InChI is InChI=1S/C23H27N3O3/c1-16-20(18-7-5-17(12-24)6-8-18)11-19(13-25-16)29-15-23(9-10-23)14-26(21(27)28)22(2,3)4/h5-8,11,13H,9-10,14-15H2,1-4H3,(H,27,28). The number of nitrogens with zero attached hydrogens (tertiary/aromatic N) is 3. The highest BCUT2D eigenvalue weighted by atomic mass is 16.5. The van der Waals surface area contributed by atoms with Crippen molar-refractivity contribution in [3.8, 4) is 22.9 Å². The molecule has 0 radical (unpaired) electrons. The number of hydrogen-bond donors (Lipinski definition) is 1. The SMILES string of the molecule is Cc1ncc(OCC2(CN(C(=O)O)C(C)(C)C)CC2)cc1-c1ccc(C#N)cc1. The Balaban J connectivity index is 1.72. The lowest BCUT2D eigenvalue weighted by Crippen LogP contribution is -2.48. The first-order chi connectivity index (χ1) is 13.6. The van der Waals surface area contributed by atoms with Crippen molar-refractivity contribution in [2.45, 2.75) is 46.1 Å². The van der Waals surface area contributed by atoms with E-state index in [0.29, 0.717) is 24.5 Å². The maximum Gasteiger partial charge on any atom is 0.407 e. The average molecular weight is 393 g/mol. The number of hydrogen-bond acceptors (Lipinski definition) is 4. The maximum atomic E-state index is 11.7. The lowest BCUT2D eigenvalue weighted by atomic mass is 10.0. The van der Waals surface area contributed by atoms with E-state index in [1.54, 1.807) is 18.3 Å². The van der Waals surface area contributed by atoms with E-state index in [0.717, 1.165) is 29.7 Å². The van der Waals surface area contributed by atoms with Crippen molar-refractivity contribution in [1.29, 1.82) is 5.26 Å². The van der Waals surface area contributed by atoms with Crippen molar-refractivity contribution < 1.29 is 14.6 Å². The molecule has 0 atom stereocenters. The highest BCUT2D eigenvalue weighted by Gasteiger charge is 2.47. The molecule has 2 aromatic rings. The van der Waals surface area contributed by atoms with Gasteiger partial charge in [-0.3, -0.25) is 4.98 Å². The largest absolute Gasteiger partial charge is 0.491 e. The minimum absolute atomic E-state index is 0.134. The van der Waals surface area contributed by atoms with E-state index in [4.69, 9.17) is 10.00 Å². The molecule has 0 saturated heterocycles. The zero-order valence-corrected chi connectivity index (χ0v) is 17.4. The Kier molecular flexibility index (Phi) is 5.52. The molecule has 0 unspecified atom stereocenters. The van der Waals surface area contributed by atoms with E-state index in [9.17, 15) is 9.90 Å². The number of nitriles is 1. The van der Waals surface area contributed by atoms with E-state index in [1.165, 1.54) is 4.90 Å². The molecule has 6 nitrogen and oxygen atoms in total. The van der Waals surface area contributed by atoms with Crippen LogP contribution in [0.4, 0.5) is 4.79 Å². The first kappa shape index (κ1) is 20.7. The van der Waals surface area contributed by atoms with Gasteiger partial charge in [-0.25, -0.2) is 4.79 Å². The summed E-state index contributed by atoms with van der Waals surface area (Å²) in [5.74, 6) is 0.666. The molecular formula is C23H27N3O3. The van der Waals surface area contributed by atoms with Crippen LogP contribution in [0.15, 0.2) is 36.5 Å². The molecule has 6 heteroatoms. The third kappa shape index (κ3) is 4.86. The van der Waals surface area contributed by atoms with Crippen LogP contribution in [0, 0.1) is 23.7 Å². The summed E-state index contributed by atoms with van der Waals surface area (Å²) in [4.78, 5) is 17.6. The summed E-state index contributed by atoms with van der Waals surface area (Å²) >= 11 is 0. The van der Waals surface area contributed by atoms with Gasteiger partial charge in [0.2, 0.25) is 0 Å². The zero-order valence-electron chi connectivity index (χ0n) is 17.4. The van der Waals surface area contributed by atoms with Crippen LogP contribution in [0.25, 0.3) is 11.1 Å². The predicted octanol–water partition coefficient (Wildman–Crippen LogP) is 4.87. The van der Waals surface area contributed by atoms with Crippen molar-refractivity contribution in [2.24, 2.45) is 5.41 Å². The molecule has 1 aromatic carbocycles. The number of pyridine rings is 1. The topological polar surface area (TPSA) is 86.4 Å².